The summed E-state index contributed by atoms with van der Waals surface area (Å²) in [7, 11) is -3.69. The fourth-order valence-corrected chi connectivity index (χ4v) is 3.87. The number of nitrogens with two attached hydrogens (primary N) is 1. The number of nitro benzene ring substituents is 1. The minimum atomic E-state index is -3.69. The molecule has 1 fully saturated rings. The van der Waals surface area contributed by atoms with E-state index >= 15 is 0 Å². The molecule has 0 radical (unpaired) electrons. The van der Waals surface area contributed by atoms with Gasteiger partial charge in [0.1, 0.15) is 5.69 Å². The number of benzene rings is 1. The quantitative estimate of drug-likeness (QED) is 0.498. The van der Waals surface area contributed by atoms with Gasteiger partial charge in [-0.1, -0.05) is 13.3 Å². The van der Waals surface area contributed by atoms with Crippen molar-refractivity contribution >= 4 is 21.4 Å². The predicted molar refractivity (Wildman–Crippen MR) is 74.6 cm³/mol. The zero-order chi connectivity index (χ0) is 14.9. The smallest absolute Gasteiger partial charge is 0.292 e. The van der Waals surface area contributed by atoms with Crippen molar-refractivity contribution in [3.05, 3.63) is 28.3 Å². The summed E-state index contributed by atoms with van der Waals surface area (Å²) in [6.45, 7) is 2.00. The van der Waals surface area contributed by atoms with E-state index in [1.54, 1.807) is 0 Å². The van der Waals surface area contributed by atoms with Crippen LogP contribution in [0.15, 0.2) is 23.1 Å². The van der Waals surface area contributed by atoms with E-state index in [4.69, 9.17) is 5.73 Å². The average Bonchev–Trinajstić information content (AvgIpc) is 2.73. The highest BCUT2D eigenvalue weighted by atomic mass is 32.2. The first-order valence-corrected chi connectivity index (χ1v) is 7.86. The van der Waals surface area contributed by atoms with Crippen LogP contribution in [0, 0.1) is 16.0 Å². The summed E-state index contributed by atoms with van der Waals surface area (Å²) >= 11 is 0. The molecule has 1 aromatic rings. The summed E-state index contributed by atoms with van der Waals surface area (Å²) in [6.07, 6.45) is 2.80. The Kier molecular flexibility index (Phi) is 3.96. The molecule has 0 spiro atoms. The van der Waals surface area contributed by atoms with Crippen LogP contribution in [0.4, 0.5) is 11.4 Å². The van der Waals surface area contributed by atoms with Gasteiger partial charge >= 0.3 is 0 Å². The molecule has 0 aliphatic heterocycles. The van der Waals surface area contributed by atoms with Gasteiger partial charge < -0.3 is 5.73 Å². The minimum absolute atomic E-state index is 0.0419. The van der Waals surface area contributed by atoms with E-state index in [0.717, 1.165) is 31.4 Å². The zero-order valence-electron chi connectivity index (χ0n) is 11.1. The molecule has 2 unspecified atom stereocenters. The van der Waals surface area contributed by atoms with Crippen molar-refractivity contribution in [1.82, 2.24) is 4.72 Å². The van der Waals surface area contributed by atoms with Gasteiger partial charge in [-0.25, -0.2) is 13.1 Å². The van der Waals surface area contributed by atoms with Crippen LogP contribution < -0.4 is 10.5 Å². The molecule has 110 valence electrons. The molecule has 1 aliphatic carbocycles. The lowest BCUT2D eigenvalue weighted by atomic mass is 10.1. The summed E-state index contributed by atoms with van der Waals surface area (Å²) in [5.74, 6) is 0.292. The lowest BCUT2D eigenvalue weighted by Crippen LogP contribution is -2.36. The summed E-state index contributed by atoms with van der Waals surface area (Å²) in [6, 6.07) is 3.36. The number of nitrogens with one attached hydrogen (secondary N) is 1. The Hall–Kier alpha value is -1.67. The lowest BCUT2D eigenvalue weighted by Gasteiger charge is -2.17. The molecule has 7 nitrogen and oxygen atoms in total. The monoisotopic (exact) mass is 299 g/mol. The predicted octanol–water partition coefficient (Wildman–Crippen LogP) is 1.64. The number of hydrogen-bond donors (Lipinski definition) is 2. The Morgan fingerprint density at radius 1 is 1.40 bits per heavy atom. The van der Waals surface area contributed by atoms with Crippen molar-refractivity contribution in [3.8, 4) is 0 Å². The Morgan fingerprint density at radius 2 is 2.10 bits per heavy atom. The SMILES string of the molecule is CC1CCCC1NS(=O)(=O)c1ccc([N+](=O)[O-])c(N)c1. The topological polar surface area (TPSA) is 115 Å². The molecule has 20 heavy (non-hydrogen) atoms. The molecule has 3 N–H and O–H groups in total. The summed E-state index contributed by atoms with van der Waals surface area (Å²) in [4.78, 5) is 9.98. The first-order chi connectivity index (χ1) is 9.31. The Morgan fingerprint density at radius 3 is 2.60 bits per heavy atom. The standard InChI is InChI=1S/C12H17N3O4S/c1-8-3-2-4-11(8)14-20(18,19)9-5-6-12(15(16)17)10(13)7-9/h5-8,11,14H,2-4,13H2,1H3. The summed E-state index contributed by atoms with van der Waals surface area (Å²) in [5, 5.41) is 10.7. The number of anilines is 1. The highest BCUT2D eigenvalue weighted by Crippen LogP contribution is 2.28. The maximum Gasteiger partial charge on any atom is 0.292 e. The van der Waals surface area contributed by atoms with Gasteiger partial charge in [-0.05, 0) is 30.9 Å². The normalized spacial score (nSPS) is 22.9. The number of nitro groups is 1. The third-order valence-electron chi connectivity index (χ3n) is 3.67. The second kappa shape index (κ2) is 5.37. The van der Waals surface area contributed by atoms with E-state index in [2.05, 4.69) is 4.72 Å². The molecule has 1 aliphatic rings. The van der Waals surface area contributed by atoms with Gasteiger partial charge in [0.2, 0.25) is 10.0 Å². The first kappa shape index (κ1) is 14.7. The van der Waals surface area contributed by atoms with E-state index in [0.29, 0.717) is 5.92 Å². The molecule has 8 heteroatoms. The van der Waals surface area contributed by atoms with Crippen LogP contribution in [-0.2, 0) is 10.0 Å². The second-order valence-corrected chi connectivity index (χ2v) is 6.83. The van der Waals surface area contributed by atoms with Crippen LogP contribution in [0.5, 0.6) is 0 Å². The van der Waals surface area contributed by atoms with Crippen LogP contribution in [0.2, 0.25) is 0 Å². The lowest BCUT2D eigenvalue weighted by molar-refractivity contribution is -0.383. The molecule has 0 aromatic heterocycles. The van der Waals surface area contributed by atoms with Crippen molar-refractivity contribution in [1.29, 1.82) is 0 Å². The second-order valence-electron chi connectivity index (χ2n) is 5.11. The third kappa shape index (κ3) is 2.91. The van der Waals surface area contributed by atoms with Gasteiger partial charge in [0, 0.05) is 12.1 Å². The summed E-state index contributed by atoms with van der Waals surface area (Å²) in [5.41, 5.74) is 5.07. The van der Waals surface area contributed by atoms with Crippen LogP contribution in [0.3, 0.4) is 0 Å². The first-order valence-electron chi connectivity index (χ1n) is 6.37. The molecular weight excluding hydrogens is 282 g/mol. The van der Waals surface area contributed by atoms with E-state index in [1.807, 2.05) is 6.92 Å². The Bertz CT molecular complexity index is 630. The molecule has 1 saturated carbocycles. The Balaban J connectivity index is 2.25. The highest BCUT2D eigenvalue weighted by molar-refractivity contribution is 7.89. The summed E-state index contributed by atoms with van der Waals surface area (Å²) < 4.78 is 27.1. The molecule has 2 atom stereocenters. The molecular formula is C12H17N3O4S. The van der Waals surface area contributed by atoms with Crippen molar-refractivity contribution < 1.29 is 13.3 Å². The average molecular weight is 299 g/mol. The minimum Gasteiger partial charge on any atom is -0.393 e. The Labute approximate surface area is 117 Å². The number of nitrogen functional groups attached to an aromatic ring is 1. The molecule has 0 amide bonds. The fourth-order valence-electron chi connectivity index (χ4n) is 2.45. The van der Waals surface area contributed by atoms with Crippen LogP contribution in [-0.4, -0.2) is 19.4 Å². The fraction of sp³-hybridized carbons (Fsp3) is 0.500. The van der Waals surface area contributed by atoms with Crippen molar-refractivity contribution in [3.63, 3.8) is 0 Å². The van der Waals surface area contributed by atoms with Gasteiger partial charge in [0.25, 0.3) is 5.69 Å². The van der Waals surface area contributed by atoms with Gasteiger partial charge in [-0.15, -0.1) is 0 Å². The maximum absolute atomic E-state index is 12.2. The van der Waals surface area contributed by atoms with Gasteiger partial charge in [0.05, 0.1) is 9.82 Å². The van der Waals surface area contributed by atoms with Crippen LogP contribution in [0.25, 0.3) is 0 Å². The number of hydrogen-bond acceptors (Lipinski definition) is 5. The van der Waals surface area contributed by atoms with Crippen molar-refractivity contribution in [2.75, 3.05) is 5.73 Å². The number of nitrogens with zero attached hydrogens (tertiary/aromatic N) is 1. The van der Waals surface area contributed by atoms with Crippen LogP contribution in [0.1, 0.15) is 26.2 Å². The van der Waals surface area contributed by atoms with E-state index in [1.165, 1.54) is 6.07 Å². The number of rotatable bonds is 4. The van der Waals surface area contributed by atoms with Crippen molar-refractivity contribution in [2.45, 2.75) is 37.1 Å². The van der Waals surface area contributed by atoms with Gasteiger partial charge in [-0.3, -0.25) is 10.1 Å². The van der Waals surface area contributed by atoms with E-state index < -0.39 is 14.9 Å². The number of sulfonamides is 1. The van der Waals surface area contributed by atoms with E-state index in [-0.39, 0.29) is 22.3 Å². The molecule has 0 saturated heterocycles. The van der Waals surface area contributed by atoms with Gasteiger partial charge in [0.15, 0.2) is 0 Å². The molecule has 0 bridgehead atoms. The van der Waals surface area contributed by atoms with Gasteiger partial charge in [-0.2, -0.15) is 0 Å². The molecule has 2 rings (SSSR count). The third-order valence-corrected chi connectivity index (χ3v) is 5.16. The maximum atomic E-state index is 12.2. The largest absolute Gasteiger partial charge is 0.393 e. The zero-order valence-corrected chi connectivity index (χ0v) is 11.9. The highest BCUT2D eigenvalue weighted by Gasteiger charge is 2.29. The van der Waals surface area contributed by atoms with Crippen LogP contribution >= 0.6 is 0 Å². The van der Waals surface area contributed by atoms with E-state index in [9.17, 15) is 18.5 Å². The van der Waals surface area contributed by atoms with Crippen molar-refractivity contribution in [2.24, 2.45) is 5.92 Å². The molecule has 1 aromatic carbocycles. The molecule has 0 heterocycles.